The molecular weight excluding hydrogens is 449 g/mol. The van der Waals surface area contributed by atoms with Gasteiger partial charge in [-0.05, 0) is 24.3 Å². The van der Waals surface area contributed by atoms with Crippen LogP contribution in [0, 0.1) is 0 Å². The number of carbonyl (C=O) groups is 1. The highest BCUT2D eigenvalue weighted by Crippen LogP contribution is 2.29. The Morgan fingerprint density at radius 2 is 1.45 bits per heavy atom. The fourth-order valence-corrected chi connectivity index (χ4v) is 4.64. The number of hydrogen-bond acceptors (Lipinski definition) is 4. The summed E-state index contributed by atoms with van der Waals surface area (Å²) in [6, 6.07) is 1.18. The molecule has 33 heavy (non-hydrogen) atoms. The van der Waals surface area contributed by atoms with Gasteiger partial charge in [0.05, 0.1) is 5.56 Å². The number of carboxylic acid groups (broad SMARTS) is 1. The molecule has 0 amide bonds. The second kappa shape index (κ2) is 18.0. The third kappa shape index (κ3) is 15.2. The zero-order valence-electron chi connectivity index (χ0n) is 20.0. The summed E-state index contributed by atoms with van der Waals surface area (Å²) in [7, 11) is 0. The van der Waals surface area contributed by atoms with Crippen molar-refractivity contribution in [3.63, 3.8) is 0 Å². The van der Waals surface area contributed by atoms with E-state index in [1.165, 1.54) is 77.0 Å². The number of carboxylic acids is 1. The molecule has 1 rings (SSSR count). The van der Waals surface area contributed by atoms with Gasteiger partial charge in [0.1, 0.15) is 11.9 Å². The Balaban J connectivity index is 2.03. The van der Waals surface area contributed by atoms with E-state index in [-0.39, 0.29) is 5.82 Å². The second-order valence-electron chi connectivity index (χ2n) is 8.64. The van der Waals surface area contributed by atoms with Crippen molar-refractivity contribution >= 4 is 23.5 Å². The Kier molecular flexibility index (Phi) is 16.1. The SMILES string of the molecule is CCCCCCCCCCCCCCCCSCC(Nc1ccc(C(F)(F)F)cn1)C(=O)O. The molecule has 1 heterocycles. The van der Waals surface area contributed by atoms with E-state index in [1.807, 2.05) is 0 Å². The van der Waals surface area contributed by atoms with Crippen LogP contribution in [-0.2, 0) is 11.0 Å². The van der Waals surface area contributed by atoms with Gasteiger partial charge in [-0.25, -0.2) is 9.78 Å². The van der Waals surface area contributed by atoms with E-state index in [0.29, 0.717) is 11.9 Å². The first kappa shape index (κ1) is 29.6. The average molecular weight is 491 g/mol. The molecule has 190 valence electrons. The van der Waals surface area contributed by atoms with Crippen LogP contribution in [0.3, 0.4) is 0 Å². The standard InChI is InChI=1S/C25H41F3N2O2S/c1-2-3-4-5-6-7-8-9-10-11-12-13-14-15-18-33-20-22(24(31)32)30-23-17-16-21(19-29-23)25(26,27)28/h16-17,19,22H,2-15,18,20H2,1H3,(H,29,30)(H,31,32). The summed E-state index contributed by atoms with van der Waals surface area (Å²) in [5.41, 5.74) is -0.855. The largest absolute Gasteiger partial charge is 0.480 e. The van der Waals surface area contributed by atoms with Crippen molar-refractivity contribution in [1.82, 2.24) is 4.98 Å². The van der Waals surface area contributed by atoms with Gasteiger partial charge in [-0.15, -0.1) is 0 Å². The number of nitrogens with zero attached hydrogens (tertiary/aromatic N) is 1. The van der Waals surface area contributed by atoms with Gasteiger partial charge in [0.25, 0.3) is 0 Å². The summed E-state index contributed by atoms with van der Waals surface area (Å²) in [4.78, 5) is 15.1. The number of hydrogen-bond donors (Lipinski definition) is 2. The number of anilines is 1. The lowest BCUT2D eigenvalue weighted by Gasteiger charge is -2.15. The van der Waals surface area contributed by atoms with Gasteiger partial charge >= 0.3 is 12.1 Å². The van der Waals surface area contributed by atoms with Gasteiger partial charge in [0, 0.05) is 11.9 Å². The molecule has 1 atom stereocenters. The zero-order valence-corrected chi connectivity index (χ0v) is 20.8. The summed E-state index contributed by atoms with van der Waals surface area (Å²) in [6.45, 7) is 2.25. The van der Waals surface area contributed by atoms with Crippen LogP contribution in [0.2, 0.25) is 0 Å². The average Bonchev–Trinajstić information content (AvgIpc) is 2.77. The van der Waals surface area contributed by atoms with E-state index in [2.05, 4.69) is 17.2 Å². The maximum atomic E-state index is 12.6. The third-order valence-corrected chi connectivity index (χ3v) is 6.78. The highest BCUT2D eigenvalue weighted by Gasteiger charge is 2.30. The molecule has 0 aliphatic heterocycles. The van der Waals surface area contributed by atoms with E-state index in [1.54, 1.807) is 11.8 Å². The molecule has 0 radical (unpaired) electrons. The molecule has 2 N–H and O–H groups in total. The van der Waals surface area contributed by atoms with E-state index >= 15 is 0 Å². The Labute approximate surface area is 201 Å². The Morgan fingerprint density at radius 1 is 0.939 bits per heavy atom. The minimum atomic E-state index is -4.46. The summed E-state index contributed by atoms with van der Waals surface area (Å²) in [5, 5.41) is 12.1. The normalized spacial score (nSPS) is 12.6. The van der Waals surface area contributed by atoms with Crippen LogP contribution in [0.15, 0.2) is 18.3 Å². The molecule has 0 saturated heterocycles. The van der Waals surface area contributed by atoms with Crippen LogP contribution >= 0.6 is 11.8 Å². The number of pyridine rings is 1. The summed E-state index contributed by atoms with van der Waals surface area (Å²) >= 11 is 1.55. The van der Waals surface area contributed by atoms with Gasteiger partial charge in [0.15, 0.2) is 0 Å². The number of halogens is 3. The second-order valence-corrected chi connectivity index (χ2v) is 9.79. The molecule has 0 fully saturated rings. The van der Waals surface area contributed by atoms with Crippen molar-refractivity contribution in [2.24, 2.45) is 0 Å². The van der Waals surface area contributed by atoms with E-state index < -0.39 is 23.8 Å². The number of thioether (sulfide) groups is 1. The maximum absolute atomic E-state index is 12.6. The molecule has 8 heteroatoms. The van der Waals surface area contributed by atoms with Crippen LogP contribution in [0.5, 0.6) is 0 Å². The number of rotatable bonds is 20. The van der Waals surface area contributed by atoms with Gasteiger partial charge in [0.2, 0.25) is 0 Å². The fourth-order valence-electron chi connectivity index (χ4n) is 3.60. The quantitative estimate of drug-likeness (QED) is 0.180. The lowest BCUT2D eigenvalue weighted by Crippen LogP contribution is -2.32. The lowest BCUT2D eigenvalue weighted by molar-refractivity contribution is -0.138. The smallest absolute Gasteiger partial charge is 0.417 e. The van der Waals surface area contributed by atoms with Crippen molar-refractivity contribution in [2.75, 3.05) is 16.8 Å². The van der Waals surface area contributed by atoms with Crippen molar-refractivity contribution in [2.45, 2.75) is 109 Å². The first-order valence-corrected chi connectivity index (χ1v) is 13.6. The monoisotopic (exact) mass is 490 g/mol. The topological polar surface area (TPSA) is 62.2 Å². The van der Waals surface area contributed by atoms with Crippen molar-refractivity contribution in [1.29, 1.82) is 0 Å². The van der Waals surface area contributed by atoms with E-state index in [9.17, 15) is 23.1 Å². The van der Waals surface area contributed by atoms with Crippen LogP contribution in [-0.4, -0.2) is 33.6 Å². The van der Waals surface area contributed by atoms with Gasteiger partial charge in [-0.2, -0.15) is 24.9 Å². The molecule has 1 aromatic rings. The Morgan fingerprint density at radius 3 is 1.88 bits per heavy atom. The molecule has 0 aliphatic carbocycles. The zero-order chi connectivity index (χ0) is 24.4. The molecule has 1 aromatic heterocycles. The van der Waals surface area contributed by atoms with Crippen molar-refractivity contribution in [3.05, 3.63) is 23.9 Å². The first-order chi connectivity index (χ1) is 15.8. The highest BCUT2D eigenvalue weighted by molar-refractivity contribution is 7.99. The number of alkyl halides is 3. The number of aliphatic carboxylic acids is 1. The summed E-state index contributed by atoms with van der Waals surface area (Å²) < 4.78 is 37.8. The summed E-state index contributed by atoms with van der Waals surface area (Å²) in [6.07, 6.45) is 14.5. The molecule has 4 nitrogen and oxygen atoms in total. The predicted octanol–water partition coefficient (Wildman–Crippen LogP) is 8.18. The number of unbranched alkanes of at least 4 members (excludes halogenated alkanes) is 13. The first-order valence-electron chi connectivity index (χ1n) is 12.4. The predicted molar refractivity (Wildman–Crippen MR) is 132 cm³/mol. The Hall–Kier alpha value is -1.44. The minimum Gasteiger partial charge on any atom is -0.480 e. The van der Waals surface area contributed by atoms with Gasteiger partial charge in [-0.1, -0.05) is 90.4 Å². The van der Waals surface area contributed by atoms with Crippen molar-refractivity contribution < 1.29 is 23.1 Å². The van der Waals surface area contributed by atoms with Gasteiger partial charge in [-0.3, -0.25) is 0 Å². The number of aromatic nitrogens is 1. The molecule has 0 aliphatic rings. The van der Waals surface area contributed by atoms with Crippen molar-refractivity contribution in [3.8, 4) is 0 Å². The fraction of sp³-hybridized carbons (Fsp3) is 0.760. The molecule has 0 bridgehead atoms. The Bertz CT molecular complexity index is 627. The van der Waals surface area contributed by atoms with Crippen LogP contribution in [0.1, 0.15) is 102 Å². The maximum Gasteiger partial charge on any atom is 0.417 e. The molecule has 0 aromatic carbocycles. The van der Waals surface area contributed by atoms with E-state index in [4.69, 9.17) is 0 Å². The minimum absolute atomic E-state index is 0.132. The lowest BCUT2D eigenvalue weighted by atomic mass is 10.0. The van der Waals surface area contributed by atoms with Crippen LogP contribution in [0.25, 0.3) is 0 Å². The molecule has 0 saturated carbocycles. The third-order valence-electron chi connectivity index (χ3n) is 5.64. The van der Waals surface area contributed by atoms with E-state index in [0.717, 1.165) is 30.7 Å². The van der Waals surface area contributed by atoms with Gasteiger partial charge < -0.3 is 10.4 Å². The number of nitrogens with one attached hydrogen (secondary N) is 1. The molecule has 0 spiro atoms. The van der Waals surface area contributed by atoms with Crippen LogP contribution < -0.4 is 5.32 Å². The molecular formula is C25H41F3N2O2S. The van der Waals surface area contributed by atoms with Crippen LogP contribution in [0.4, 0.5) is 19.0 Å². The summed E-state index contributed by atoms with van der Waals surface area (Å²) in [5.74, 6) is 0.318. The molecule has 1 unspecified atom stereocenters. The highest BCUT2D eigenvalue weighted by atomic mass is 32.2.